The number of rotatable bonds is 2. The van der Waals surface area contributed by atoms with Crippen LogP contribution in [0.25, 0.3) is 10.8 Å². The Balaban J connectivity index is 1.89. The Labute approximate surface area is 147 Å². The van der Waals surface area contributed by atoms with Crippen molar-refractivity contribution in [2.24, 2.45) is 0 Å². The lowest BCUT2D eigenvalue weighted by Gasteiger charge is -2.38. The molecule has 3 nitrogen and oxygen atoms in total. The van der Waals surface area contributed by atoms with Crippen molar-refractivity contribution in [1.82, 2.24) is 5.32 Å². The summed E-state index contributed by atoms with van der Waals surface area (Å²) in [6, 6.07) is 22.4. The maximum absolute atomic E-state index is 12.6. The summed E-state index contributed by atoms with van der Waals surface area (Å²) in [5, 5.41) is 6.02. The van der Waals surface area contributed by atoms with E-state index in [1.54, 1.807) is 6.07 Å². The van der Waals surface area contributed by atoms with Gasteiger partial charge in [0.2, 0.25) is 5.43 Å². The highest BCUT2D eigenvalue weighted by Crippen LogP contribution is 2.32. The van der Waals surface area contributed by atoms with E-state index in [-0.39, 0.29) is 11.5 Å². The molecule has 3 aromatic carbocycles. The van der Waals surface area contributed by atoms with Gasteiger partial charge in [0, 0.05) is 19.6 Å². The molecule has 0 aliphatic carbocycles. The average Bonchev–Trinajstić information content (AvgIpc) is 2.85. The van der Waals surface area contributed by atoms with Gasteiger partial charge in [-0.3, -0.25) is 4.79 Å². The Morgan fingerprint density at radius 3 is 2.72 bits per heavy atom. The molecule has 3 heteroatoms. The molecule has 25 heavy (non-hydrogen) atoms. The van der Waals surface area contributed by atoms with E-state index in [1.165, 1.54) is 21.9 Å². The molecule has 126 valence electrons. The van der Waals surface area contributed by atoms with Crippen LogP contribution in [0.4, 0.5) is 5.69 Å². The van der Waals surface area contributed by atoms with E-state index in [0.29, 0.717) is 0 Å². The molecule has 1 fully saturated rings. The van der Waals surface area contributed by atoms with Crippen LogP contribution >= 0.6 is 0 Å². The Kier molecular flexibility index (Phi) is 4.24. The summed E-state index contributed by atoms with van der Waals surface area (Å²) in [6.07, 6.45) is 0. The summed E-state index contributed by atoms with van der Waals surface area (Å²) in [6.45, 7) is 4.69. The molecule has 0 spiro atoms. The lowest BCUT2D eigenvalue weighted by molar-refractivity contribution is 0.491. The molecule has 1 atom stereocenters. The van der Waals surface area contributed by atoms with Crippen molar-refractivity contribution in [2.75, 3.05) is 24.5 Å². The van der Waals surface area contributed by atoms with Gasteiger partial charge < -0.3 is 10.2 Å². The minimum atomic E-state index is 0.0776. The summed E-state index contributed by atoms with van der Waals surface area (Å²) >= 11 is 0. The van der Waals surface area contributed by atoms with E-state index < -0.39 is 0 Å². The van der Waals surface area contributed by atoms with Crippen LogP contribution in [-0.2, 0) is 0 Å². The van der Waals surface area contributed by atoms with Gasteiger partial charge in [-0.15, -0.1) is 0 Å². The highest BCUT2D eigenvalue weighted by atomic mass is 16.1. The first-order valence-electron chi connectivity index (χ1n) is 8.80. The first-order chi connectivity index (χ1) is 12.2. The molecule has 1 unspecified atom stereocenters. The van der Waals surface area contributed by atoms with Gasteiger partial charge in [0.1, 0.15) is 0 Å². The highest BCUT2D eigenvalue weighted by molar-refractivity contribution is 5.87. The third kappa shape index (κ3) is 3.03. The van der Waals surface area contributed by atoms with Crippen molar-refractivity contribution >= 4 is 16.5 Å². The number of benzene rings is 2. The van der Waals surface area contributed by atoms with Gasteiger partial charge in [-0.2, -0.15) is 0 Å². The second-order valence-corrected chi connectivity index (χ2v) is 6.65. The number of nitrogens with zero attached hydrogens (tertiary/aromatic N) is 1. The Morgan fingerprint density at radius 2 is 1.80 bits per heavy atom. The fourth-order valence-electron chi connectivity index (χ4n) is 3.80. The first-order valence-corrected chi connectivity index (χ1v) is 8.80. The standard InChI is InChI=1S/C22H22N2O/c1-16-13-17-7-5-6-8-18(17)19(14-16)21-15-23-11-12-24(21)20-9-3-2-4-10-22(20)25/h2-10,13-14,21,23H,11-12,15H2,1H3. The van der Waals surface area contributed by atoms with Gasteiger partial charge in [0.05, 0.1) is 11.7 Å². The molecule has 1 saturated heterocycles. The van der Waals surface area contributed by atoms with Crippen molar-refractivity contribution in [2.45, 2.75) is 13.0 Å². The number of hydrogen-bond donors (Lipinski definition) is 1. The van der Waals surface area contributed by atoms with Crippen molar-refractivity contribution in [3.05, 3.63) is 88.1 Å². The molecule has 4 rings (SSSR count). The third-order valence-electron chi connectivity index (χ3n) is 4.93. The smallest absolute Gasteiger partial charge is 0.201 e. The summed E-state index contributed by atoms with van der Waals surface area (Å²) in [7, 11) is 0. The zero-order valence-electron chi connectivity index (χ0n) is 14.4. The van der Waals surface area contributed by atoms with E-state index >= 15 is 0 Å². The quantitative estimate of drug-likeness (QED) is 0.778. The zero-order chi connectivity index (χ0) is 17.2. The monoisotopic (exact) mass is 330 g/mol. The van der Waals surface area contributed by atoms with Gasteiger partial charge in [-0.1, -0.05) is 60.2 Å². The summed E-state index contributed by atoms with van der Waals surface area (Å²) in [5.41, 5.74) is 3.39. The molecule has 1 aliphatic rings. The number of piperazine rings is 1. The van der Waals surface area contributed by atoms with E-state index in [2.05, 4.69) is 53.5 Å². The predicted octanol–water partition coefficient (Wildman–Crippen LogP) is 3.66. The maximum Gasteiger partial charge on any atom is 0.201 e. The predicted molar refractivity (Wildman–Crippen MR) is 104 cm³/mol. The van der Waals surface area contributed by atoms with Crippen LogP contribution in [-0.4, -0.2) is 19.6 Å². The third-order valence-corrected chi connectivity index (χ3v) is 4.93. The SMILES string of the molecule is Cc1cc(C2CNCCN2c2cccccc2=O)c2ccccc2c1. The molecule has 0 saturated carbocycles. The molecule has 0 bridgehead atoms. The van der Waals surface area contributed by atoms with Crippen LogP contribution in [0, 0.1) is 6.92 Å². The lowest BCUT2D eigenvalue weighted by atomic mass is 9.94. The Hall–Kier alpha value is -2.65. The van der Waals surface area contributed by atoms with Gasteiger partial charge in [0.25, 0.3) is 0 Å². The van der Waals surface area contributed by atoms with Crippen molar-refractivity contribution < 1.29 is 0 Å². The van der Waals surface area contributed by atoms with Crippen LogP contribution in [0.3, 0.4) is 0 Å². The van der Waals surface area contributed by atoms with Crippen LogP contribution in [0.5, 0.6) is 0 Å². The highest BCUT2D eigenvalue weighted by Gasteiger charge is 2.26. The Morgan fingerprint density at radius 1 is 1.00 bits per heavy atom. The van der Waals surface area contributed by atoms with Crippen LogP contribution in [0.1, 0.15) is 17.2 Å². The van der Waals surface area contributed by atoms with E-state index in [1.807, 2.05) is 24.3 Å². The normalized spacial score (nSPS) is 17.6. The maximum atomic E-state index is 12.6. The largest absolute Gasteiger partial charge is 0.359 e. The zero-order valence-corrected chi connectivity index (χ0v) is 14.4. The first kappa shape index (κ1) is 15.9. The molecule has 0 radical (unpaired) electrons. The molecule has 1 aliphatic heterocycles. The van der Waals surface area contributed by atoms with E-state index in [9.17, 15) is 4.79 Å². The molecule has 1 N–H and O–H groups in total. The lowest BCUT2D eigenvalue weighted by Crippen LogP contribution is -2.47. The number of anilines is 1. The van der Waals surface area contributed by atoms with Gasteiger partial charge in [-0.05, 0) is 35.4 Å². The fraction of sp³-hybridized carbons (Fsp3) is 0.227. The molecule has 0 aromatic heterocycles. The Bertz CT molecular complexity index is 967. The van der Waals surface area contributed by atoms with Crippen LogP contribution < -0.4 is 15.6 Å². The summed E-state index contributed by atoms with van der Waals surface area (Å²) in [5.74, 6) is 0. The second-order valence-electron chi connectivity index (χ2n) is 6.65. The van der Waals surface area contributed by atoms with E-state index in [0.717, 1.165) is 25.3 Å². The number of fused-ring (bicyclic) bond motifs is 1. The van der Waals surface area contributed by atoms with Crippen molar-refractivity contribution in [3.63, 3.8) is 0 Å². The number of hydrogen-bond acceptors (Lipinski definition) is 3. The topological polar surface area (TPSA) is 32.3 Å². The minimum Gasteiger partial charge on any atom is -0.359 e. The van der Waals surface area contributed by atoms with Gasteiger partial charge >= 0.3 is 0 Å². The van der Waals surface area contributed by atoms with Crippen molar-refractivity contribution in [3.8, 4) is 0 Å². The molecule has 3 aromatic rings. The molecule has 0 amide bonds. The molecular weight excluding hydrogens is 308 g/mol. The molecular formula is C22H22N2O. The van der Waals surface area contributed by atoms with Crippen LogP contribution in [0.15, 0.2) is 71.5 Å². The van der Waals surface area contributed by atoms with Crippen molar-refractivity contribution in [1.29, 1.82) is 0 Å². The summed E-state index contributed by atoms with van der Waals surface area (Å²) < 4.78 is 0. The molecule has 1 heterocycles. The van der Waals surface area contributed by atoms with Gasteiger partial charge in [0.15, 0.2) is 0 Å². The van der Waals surface area contributed by atoms with E-state index in [4.69, 9.17) is 0 Å². The van der Waals surface area contributed by atoms with Gasteiger partial charge in [-0.25, -0.2) is 0 Å². The number of nitrogens with one attached hydrogen (secondary N) is 1. The average molecular weight is 330 g/mol. The van der Waals surface area contributed by atoms with Crippen LogP contribution in [0.2, 0.25) is 0 Å². The minimum absolute atomic E-state index is 0.0776. The fourth-order valence-corrected chi connectivity index (χ4v) is 3.80. The number of aryl methyl sites for hydroxylation is 1. The second kappa shape index (κ2) is 6.69. The summed E-state index contributed by atoms with van der Waals surface area (Å²) in [4.78, 5) is 14.8.